The van der Waals surface area contributed by atoms with Gasteiger partial charge in [-0.1, -0.05) is 50.1 Å². The van der Waals surface area contributed by atoms with Crippen LogP contribution in [0.3, 0.4) is 0 Å². The largest absolute Gasteiger partial charge is 0.342 e. The van der Waals surface area contributed by atoms with Crippen LogP contribution in [-0.2, 0) is 4.79 Å². The molecule has 96 valence electrons. The molecule has 0 heterocycles. The Labute approximate surface area is 109 Å². The van der Waals surface area contributed by atoms with E-state index >= 15 is 0 Å². The van der Waals surface area contributed by atoms with E-state index in [4.69, 9.17) is 12.2 Å². The molecule has 1 aromatic carbocycles. The van der Waals surface area contributed by atoms with Crippen LogP contribution in [0, 0.1) is 18.3 Å². The van der Waals surface area contributed by atoms with Gasteiger partial charge >= 0.3 is 0 Å². The Morgan fingerprint density at radius 2 is 2.06 bits per heavy atom. The maximum absolute atomic E-state index is 12.0. The van der Waals surface area contributed by atoms with Crippen molar-refractivity contribution in [1.82, 2.24) is 5.32 Å². The summed E-state index contributed by atoms with van der Waals surface area (Å²) in [4.78, 5) is 12.0. The summed E-state index contributed by atoms with van der Waals surface area (Å²) in [7, 11) is 0. The van der Waals surface area contributed by atoms with Crippen molar-refractivity contribution in [3.05, 3.63) is 35.9 Å². The Hall–Kier alpha value is -1.79. The van der Waals surface area contributed by atoms with Gasteiger partial charge in [-0.2, -0.15) is 0 Å². The fraction of sp³-hybridized carbons (Fsp3) is 0.400. The highest BCUT2D eigenvalue weighted by Gasteiger charge is 2.23. The molecule has 1 aromatic rings. The summed E-state index contributed by atoms with van der Waals surface area (Å²) >= 11 is 0. The molecule has 0 spiro atoms. The van der Waals surface area contributed by atoms with Crippen LogP contribution in [0.1, 0.15) is 31.9 Å². The number of carbonyl (C=O) groups is 1. The van der Waals surface area contributed by atoms with Crippen LogP contribution in [0.4, 0.5) is 0 Å². The number of benzene rings is 1. The number of rotatable bonds is 5. The van der Waals surface area contributed by atoms with E-state index in [9.17, 15) is 4.79 Å². The van der Waals surface area contributed by atoms with Crippen molar-refractivity contribution in [2.45, 2.75) is 32.4 Å². The van der Waals surface area contributed by atoms with E-state index in [-0.39, 0.29) is 23.9 Å². The molecule has 18 heavy (non-hydrogen) atoms. The lowest BCUT2D eigenvalue weighted by atomic mass is 9.94. The summed E-state index contributed by atoms with van der Waals surface area (Å²) in [6.45, 7) is 3.75. The number of amides is 1. The number of hydrogen-bond donors (Lipinski definition) is 2. The van der Waals surface area contributed by atoms with E-state index in [1.54, 1.807) is 0 Å². The van der Waals surface area contributed by atoms with Gasteiger partial charge in [-0.05, 0) is 12.0 Å². The molecule has 3 heteroatoms. The zero-order valence-corrected chi connectivity index (χ0v) is 10.9. The van der Waals surface area contributed by atoms with Crippen molar-refractivity contribution in [3.8, 4) is 12.3 Å². The normalized spacial score (nSPS) is 15.2. The molecule has 1 amide bonds. The molecule has 3 nitrogen and oxygen atoms in total. The first-order chi connectivity index (χ1) is 8.60. The Bertz CT molecular complexity index is 422. The highest BCUT2D eigenvalue weighted by Crippen LogP contribution is 2.19. The first-order valence-corrected chi connectivity index (χ1v) is 6.17. The molecule has 0 aliphatic rings. The predicted octanol–water partition coefficient (Wildman–Crippen LogP) is 1.85. The molecule has 1 rings (SSSR count). The summed E-state index contributed by atoms with van der Waals surface area (Å²) < 4.78 is 0. The van der Waals surface area contributed by atoms with Gasteiger partial charge in [0.2, 0.25) is 5.91 Å². The van der Waals surface area contributed by atoms with Crippen molar-refractivity contribution in [2.24, 2.45) is 11.7 Å². The lowest BCUT2D eigenvalue weighted by molar-refractivity contribution is -0.125. The number of carbonyl (C=O) groups excluding carboxylic acids is 1. The molecule has 0 saturated heterocycles. The average Bonchev–Trinajstić information content (AvgIpc) is 2.43. The maximum atomic E-state index is 12.0. The smallest absolute Gasteiger partial charge is 0.225 e. The average molecular weight is 244 g/mol. The standard InChI is InChI=1S/C15H20N2O/c1-4-13(5-2)17-15(18)11(3)14(16)12-9-7-6-8-10-12/h1,6-11,13-14H,5,16H2,2-3H3,(H,17,18). The highest BCUT2D eigenvalue weighted by atomic mass is 16.1. The lowest BCUT2D eigenvalue weighted by Crippen LogP contribution is -2.40. The van der Waals surface area contributed by atoms with Crippen LogP contribution in [0.25, 0.3) is 0 Å². The maximum Gasteiger partial charge on any atom is 0.225 e. The SMILES string of the molecule is C#CC(CC)NC(=O)C(C)C(N)c1ccccc1. The van der Waals surface area contributed by atoms with Crippen LogP contribution in [0.5, 0.6) is 0 Å². The molecule has 3 unspecified atom stereocenters. The van der Waals surface area contributed by atoms with Gasteiger partial charge < -0.3 is 11.1 Å². The quantitative estimate of drug-likeness (QED) is 0.777. The van der Waals surface area contributed by atoms with Gasteiger partial charge in [0.05, 0.1) is 12.0 Å². The minimum absolute atomic E-state index is 0.101. The van der Waals surface area contributed by atoms with Crippen molar-refractivity contribution < 1.29 is 4.79 Å². The first-order valence-electron chi connectivity index (χ1n) is 6.17. The number of hydrogen-bond acceptors (Lipinski definition) is 2. The Kier molecular flexibility index (Phi) is 5.41. The second kappa shape index (κ2) is 6.83. The summed E-state index contributed by atoms with van der Waals surface area (Å²) in [5.74, 6) is 2.13. The van der Waals surface area contributed by atoms with Gasteiger partial charge in [0.25, 0.3) is 0 Å². The fourth-order valence-electron chi connectivity index (χ4n) is 1.69. The third kappa shape index (κ3) is 3.61. The zero-order valence-electron chi connectivity index (χ0n) is 10.9. The zero-order chi connectivity index (χ0) is 13.5. The van der Waals surface area contributed by atoms with Crippen molar-refractivity contribution in [3.63, 3.8) is 0 Å². The van der Waals surface area contributed by atoms with E-state index in [1.807, 2.05) is 44.2 Å². The Morgan fingerprint density at radius 3 is 2.56 bits per heavy atom. The Morgan fingerprint density at radius 1 is 1.44 bits per heavy atom. The molecule has 0 aliphatic heterocycles. The summed E-state index contributed by atoms with van der Waals surface area (Å²) in [5, 5.41) is 2.81. The van der Waals surface area contributed by atoms with Crippen molar-refractivity contribution in [2.75, 3.05) is 0 Å². The Balaban J connectivity index is 2.67. The van der Waals surface area contributed by atoms with Crippen LogP contribution in [0.15, 0.2) is 30.3 Å². The number of nitrogens with two attached hydrogens (primary N) is 1. The first kappa shape index (κ1) is 14.3. The number of terminal acetylenes is 1. The summed E-state index contributed by atoms with van der Waals surface area (Å²) in [6.07, 6.45) is 6.04. The van der Waals surface area contributed by atoms with Crippen LogP contribution >= 0.6 is 0 Å². The third-order valence-corrected chi connectivity index (χ3v) is 3.06. The second-order valence-corrected chi connectivity index (χ2v) is 4.36. The third-order valence-electron chi connectivity index (χ3n) is 3.06. The van der Waals surface area contributed by atoms with Crippen LogP contribution < -0.4 is 11.1 Å². The minimum Gasteiger partial charge on any atom is -0.342 e. The topological polar surface area (TPSA) is 55.1 Å². The van der Waals surface area contributed by atoms with E-state index < -0.39 is 0 Å². The highest BCUT2D eigenvalue weighted by molar-refractivity contribution is 5.79. The van der Waals surface area contributed by atoms with Gasteiger partial charge in [0, 0.05) is 6.04 Å². The molecule has 0 fully saturated rings. The summed E-state index contributed by atoms with van der Waals surface area (Å²) in [5.41, 5.74) is 7.04. The van der Waals surface area contributed by atoms with Crippen molar-refractivity contribution >= 4 is 5.91 Å². The fourth-order valence-corrected chi connectivity index (χ4v) is 1.69. The predicted molar refractivity (Wildman–Crippen MR) is 73.6 cm³/mol. The van der Waals surface area contributed by atoms with E-state index in [2.05, 4.69) is 11.2 Å². The molecule has 0 saturated carbocycles. The molecule has 0 radical (unpaired) electrons. The van der Waals surface area contributed by atoms with Crippen LogP contribution in [-0.4, -0.2) is 11.9 Å². The van der Waals surface area contributed by atoms with Gasteiger partial charge in [0.1, 0.15) is 0 Å². The monoisotopic (exact) mass is 244 g/mol. The van der Waals surface area contributed by atoms with Crippen molar-refractivity contribution in [1.29, 1.82) is 0 Å². The minimum atomic E-state index is -0.318. The van der Waals surface area contributed by atoms with Gasteiger partial charge in [-0.15, -0.1) is 6.42 Å². The van der Waals surface area contributed by atoms with Gasteiger partial charge in [-0.3, -0.25) is 4.79 Å². The molecule has 0 aromatic heterocycles. The molecular weight excluding hydrogens is 224 g/mol. The molecule has 0 bridgehead atoms. The molecule has 3 atom stereocenters. The molecule has 0 aliphatic carbocycles. The second-order valence-electron chi connectivity index (χ2n) is 4.36. The van der Waals surface area contributed by atoms with Gasteiger partial charge in [0.15, 0.2) is 0 Å². The van der Waals surface area contributed by atoms with E-state index in [1.165, 1.54) is 0 Å². The van der Waals surface area contributed by atoms with Gasteiger partial charge in [-0.25, -0.2) is 0 Å². The number of nitrogens with one attached hydrogen (secondary N) is 1. The lowest BCUT2D eigenvalue weighted by Gasteiger charge is -2.21. The molecule has 3 N–H and O–H groups in total. The summed E-state index contributed by atoms with van der Waals surface area (Å²) in [6, 6.07) is 9.06. The molecular formula is C15H20N2O. The van der Waals surface area contributed by atoms with E-state index in [0.717, 1.165) is 12.0 Å². The van der Waals surface area contributed by atoms with Crippen LogP contribution in [0.2, 0.25) is 0 Å². The van der Waals surface area contributed by atoms with E-state index in [0.29, 0.717) is 0 Å².